The predicted molar refractivity (Wildman–Crippen MR) is 264 cm³/mol. The number of benzene rings is 3. The van der Waals surface area contributed by atoms with Gasteiger partial charge in [-0.1, -0.05) is 42.5 Å². The second-order valence-corrected chi connectivity index (χ2v) is 20.4. The fourth-order valence-electron chi connectivity index (χ4n) is 12.0. The molecule has 4 aromatic carbocycles. The molecule has 14 nitrogen and oxygen atoms in total. The number of fused-ring (bicyclic) bond motifs is 2. The normalized spacial score (nSPS) is 24.0. The van der Waals surface area contributed by atoms with Crippen LogP contribution < -0.4 is 36.1 Å². The summed E-state index contributed by atoms with van der Waals surface area (Å²) < 4.78 is 45.7. The molecule has 71 heavy (non-hydrogen) atoms. The highest BCUT2D eigenvalue weighted by molar-refractivity contribution is 6.08. The molecule has 0 bridgehead atoms. The molecule has 0 radical (unpaired) electrons. The molecule has 4 fully saturated rings. The van der Waals surface area contributed by atoms with Gasteiger partial charge < -0.3 is 30.7 Å². The molecule has 372 valence electrons. The van der Waals surface area contributed by atoms with Gasteiger partial charge in [0.15, 0.2) is 23.0 Å². The van der Waals surface area contributed by atoms with Crippen LogP contribution in [0.3, 0.4) is 0 Å². The van der Waals surface area contributed by atoms with E-state index in [0.717, 1.165) is 106 Å². The molecule has 5 amide bonds. The van der Waals surface area contributed by atoms with E-state index in [9.17, 15) is 19.2 Å². The fraction of sp³-hybridized carbons (Fsp3) is 0.473. The monoisotopic (exact) mass is 968 g/mol. The number of nitrogens with zero attached hydrogens (tertiary/aromatic N) is 4. The van der Waals surface area contributed by atoms with E-state index in [-0.39, 0.29) is 83.0 Å². The van der Waals surface area contributed by atoms with Gasteiger partial charge in [-0.25, -0.2) is 13.6 Å². The number of imide groups is 1. The molecule has 5 aromatic rings. The van der Waals surface area contributed by atoms with Gasteiger partial charge in [0.25, 0.3) is 0 Å². The van der Waals surface area contributed by atoms with Gasteiger partial charge in [0.1, 0.15) is 11.6 Å². The highest BCUT2D eigenvalue weighted by Crippen LogP contribution is 2.49. The van der Waals surface area contributed by atoms with E-state index in [1.807, 2.05) is 37.4 Å². The molecule has 2 saturated carbocycles. The van der Waals surface area contributed by atoms with Crippen molar-refractivity contribution >= 4 is 40.5 Å². The van der Waals surface area contributed by atoms with Crippen LogP contribution in [0.5, 0.6) is 11.5 Å². The number of hydrogen-bond donors (Lipinski definition) is 4. The van der Waals surface area contributed by atoms with Gasteiger partial charge in [0.2, 0.25) is 17.7 Å². The summed E-state index contributed by atoms with van der Waals surface area (Å²) in [5.41, 5.74) is 8.48. The van der Waals surface area contributed by atoms with Gasteiger partial charge in [-0.05, 0) is 131 Å². The number of rotatable bonds is 13. The maximum absolute atomic E-state index is 16.2. The first-order valence-electron chi connectivity index (χ1n) is 25.2. The Balaban J connectivity index is 0.698. The summed E-state index contributed by atoms with van der Waals surface area (Å²) in [7, 11) is 3.20. The standard InChI is InChI=1S/C55H62F2N8O6/c1-32-43(56)28-46-42(48(32)49-41(51(58)67)19-20-45(70-3)50(49)57)29-55(71-46,37-7-5-4-6-8-37)31-59-38-16-11-35(12-17-38)53(68)60-39-14-9-33(10-15-39)30-64-24-21-34(22-25-64)36-13-18-40-44(27-36)63(2)62-52(40)65-26-23-47(66)61-54(65)69/h4-8,19-20,27-28,33-35,38-39,59H,9-12,14-17,21-26,29-31H2,1-3H3,(H2,58,67)(H,60,68)(H,61,66,69)/t33?,35?,38?,39?,55-/m1/s1. The van der Waals surface area contributed by atoms with Crippen molar-refractivity contribution in [2.24, 2.45) is 24.6 Å². The summed E-state index contributed by atoms with van der Waals surface area (Å²) in [6.07, 6.45) is 9.90. The minimum Gasteiger partial charge on any atom is -0.494 e. The number of halogens is 2. The van der Waals surface area contributed by atoms with Crippen molar-refractivity contribution in [1.29, 1.82) is 0 Å². The van der Waals surface area contributed by atoms with Gasteiger partial charge in [-0.3, -0.25) is 29.3 Å². The van der Waals surface area contributed by atoms with Crippen molar-refractivity contribution < 1.29 is 37.4 Å². The van der Waals surface area contributed by atoms with Crippen LogP contribution >= 0.6 is 0 Å². The zero-order valence-electron chi connectivity index (χ0n) is 40.7. The lowest BCUT2D eigenvalue weighted by atomic mass is 9.82. The number of hydrogen-bond acceptors (Lipinski definition) is 9. The van der Waals surface area contributed by atoms with E-state index in [4.69, 9.17) is 15.2 Å². The lowest BCUT2D eigenvalue weighted by Gasteiger charge is -2.37. The number of primary amides is 1. The highest BCUT2D eigenvalue weighted by atomic mass is 19.1. The molecule has 1 aromatic heterocycles. The Morgan fingerprint density at radius 1 is 0.930 bits per heavy atom. The molecule has 3 aliphatic heterocycles. The molecule has 16 heteroatoms. The molecule has 2 saturated heterocycles. The number of carbonyl (C=O) groups excluding carboxylic acids is 4. The number of piperidine rings is 1. The number of methoxy groups -OCH3 is 1. The van der Waals surface area contributed by atoms with Crippen LogP contribution in [-0.4, -0.2) is 90.4 Å². The Hall–Kier alpha value is -6.57. The Kier molecular flexibility index (Phi) is 13.5. The van der Waals surface area contributed by atoms with Crippen molar-refractivity contribution in [1.82, 2.24) is 30.6 Å². The summed E-state index contributed by atoms with van der Waals surface area (Å²) in [6.45, 7) is 5.34. The number of anilines is 1. The van der Waals surface area contributed by atoms with E-state index in [1.54, 1.807) is 11.6 Å². The first-order valence-corrected chi connectivity index (χ1v) is 25.2. The predicted octanol–water partition coefficient (Wildman–Crippen LogP) is 7.51. The molecule has 5 N–H and O–H groups in total. The van der Waals surface area contributed by atoms with Crippen molar-refractivity contribution in [3.8, 4) is 22.6 Å². The average molecular weight is 969 g/mol. The van der Waals surface area contributed by atoms with Crippen molar-refractivity contribution in [2.45, 2.75) is 108 Å². The van der Waals surface area contributed by atoms with Gasteiger partial charge in [0.05, 0.1) is 23.6 Å². The van der Waals surface area contributed by atoms with Crippen LogP contribution in [-0.2, 0) is 28.7 Å². The van der Waals surface area contributed by atoms with E-state index < -0.39 is 29.2 Å². The maximum atomic E-state index is 16.2. The molecule has 0 spiro atoms. The highest BCUT2D eigenvalue weighted by Gasteiger charge is 2.45. The van der Waals surface area contributed by atoms with Crippen LogP contribution in [0, 0.1) is 42.5 Å². The molecule has 0 unspecified atom stereocenters. The molecular weight excluding hydrogens is 907 g/mol. The number of aromatic nitrogens is 2. The van der Waals surface area contributed by atoms with Crippen LogP contribution in [0.4, 0.5) is 19.4 Å². The van der Waals surface area contributed by atoms with E-state index >= 15 is 8.78 Å². The Bertz CT molecular complexity index is 2850. The van der Waals surface area contributed by atoms with Crippen LogP contribution in [0.25, 0.3) is 22.0 Å². The number of likely N-dealkylation sites (tertiary alicyclic amines) is 1. The third kappa shape index (κ3) is 9.54. The summed E-state index contributed by atoms with van der Waals surface area (Å²) in [5.74, 6) is -0.748. The zero-order chi connectivity index (χ0) is 49.6. The van der Waals surface area contributed by atoms with E-state index in [1.165, 1.54) is 30.2 Å². The smallest absolute Gasteiger partial charge is 0.329 e. The minimum absolute atomic E-state index is 0.0496. The third-order valence-electron chi connectivity index (χ3n) is 16.0. The third-order valence-corrected chi connectivity index (χ3v) is 16.0. The molecule has 10 rings (SSSR count). The lowest BCUT2D eigenvalue weighted by molar-refractivity contribution is -0.127. The Labute approximate surface area is 413 Å². The first-order chi connectivity index (χ1) is 34.3. The zero-order valence-corrected chi connectivity index (χ0v) is 40.7. The van der Waals surface area contributed by atoms with E-state index in [0.29, 0.717) is 29.8 Å². The summed E-state index contributed by atoms with van der Waals surface area (Å²) in [5, 5.41) is 14.9. The molecular formula is C55H62F2N8O6. The molecule has 5 aliphatic rings. The summed E-state index contributed by atoms with van der Waals surface area (Å²) in [4.78, 5) is 54.6. The van der Waals surface area contributed by atoms with Crippen molar-refractivity contribution in [3.05, 3.63) is 106 Å². The second-order valence-electron chi connectivity index (χ2n) is 20.4. The van der Waals surface area contributed by atoms with Crippen molar-refractivity contribution in [3.63, 3.8) is 0 Å². The van der Waals surface area contributed by atoms with Gasteiger partial charge >= 0.3 is 6.03 Å². The van der Waals surface area contributed by atoms with Crippen LogP contribution in [0.2, 0.25) is 0 Å². The molecule has 4 heterocycles. The number of urea groups is 1. The number of amides is 5. The fourth-order valence-corrected chi connectivity index (χ4v) is 12.0. The quantitative estimate of drug-likeness (QED) is 0.0932. The number of nitrogens with two attached hydrogens (primary N) is 1. The van der Waals surface area contributed by atoms with E-state index in [2.05, 4.69) is 44.1 Å². The van der Waals surface area contributed by atoms with Gasteiger partial charge in [0, 0.05) is 80.3 Å². The Morgan fingerprint density at radius 2 is 1.66 bits per heavy atom. The lowest BCUT2D eigenvalue weighted by Crippen LogP contribution is -2.49. The molecule has 1 atom stereocenters. The number of ether oxygens (including phenoxy) is 2. The maximum Gasteiger partial charge on any atom is 0.329 e. The number of aryl methyl sites for hydroxylation is 1. The second kappa shape index (κ2) is 19.9. The Morgan fingerprint density at radius 3 is 2.37 bits per heavy atom. The topological polar surface area (TPSA) is 173 Å². The number of carbonyl (C=O) groups is 4. The largest absolute Gasteiger partial charge is 0.494 e. The van der Waals surface area contributed by atoms with Gasteiger partial charge in [-0.2, -0.15) is 5.10 Å². The first kappa shape index (κ1) is 48.1. The number of nitrogens with one attached hydrogen (secondary N) is 3. The SMILES string of the molecule is COc1ccc(C(N)=O)c(-c2c(C)c(F)cc3c2C[C@@](CNC2CCC(C(=O)NC4CCC(CN5CCC(c6c#cc7c(N8CCC(=O)NC8=O)nn(C)c7c6)CC5)CC4)CC2)(c2ccccc2)O3)c1F. The summed E-state index contributed by atoms with van der Waals surface area (Å²) in [6, 6.07) is 22.5. The average Bonchev–Trinajstić information content (AvgIpc) is 3.91. The van der Waals surface area contributed by atoms with Crippen LogP contribution in [0.15, 0.2) is 54.6 Å². The van der Waals surface area contributed by atoms with Crippen LogP contribution in [0.1, 0.15) is 109 Å². The minimum atomic E-state index is -0.967. The van der Waals surface area contributed by atoms with Crippen molar-refractivity contribution in [2.75, 3.05) is 44.7 Å². The molecule has 2 aliphatic carbocycles. The van der Waals surface area contributed by atoms with Gasteiger partial charge in [-0.15, -0.1) is 0 Å². The summed E-state index contributed by atoms with van der Waals surface area (Å²) >= 11 is 0.